The minimum absolute atomic E-state index is 0. The van der Waals surface area contributed by atoms with E-state index < -0.39 is 11.7 Å². The van der Waals surface area contributed by atoms with E-state index in [9.17, 15) is 18.0 Å². The number of amides is 1. The van der Waals surface area contributed by atoms with Gasteiger partial charge in [-0.3, -0.25) is 4.79 Å². The maximum absolute atomic E-state index is 13.0. The number of nitrogens with one attached hydrogen (secondary N) is 1. The second kappa shape index (κ2) is 10.2. The zero-order valence-corrected chi connectivity index (χ0v) is 15.6. The van der Waals surface area contributed by atoms with Crippen LogP contribution in [-0.4, -0.2) is 11.9 Å². The molecule has 0 spiro atoms. The van der Waals surface area contributed by atoms with Crippen LogP contribution < -0.4 is 28.2 Å². The normalized spacial score (nSPS) is 12.0. The number of carbonyl (C=O) groups is 1. The highest BCUT2D eigenvalue weighted by Crippen LogP contribution is 2.32. The van der Waals surface area contributed by atoms with Crippen molar-refractivity contribution in [2.45, 2.75) is 38.7 Å². The molecule has 0 aliphatic rings. The predicted octanol–water partition coefficient (Wildman–Crippen LogP) is -0.0749. The molecule has 1 amide bonds. The van der Waals surface area contributed by atoms with E-state index in [-0.39, 0.29) is 36.5 Å². The van der Waals surface area contributed by atoms with Crippen molar-refractivity contribution < 1.29 is 40.8 Å². The zero-order chi connectivity index (χ0) is 19.2. The van der Waals surface area contributed by atoms with Crippen LogP contribution in [0.3, 0.4) is 0 Å². The molecule has 0 saturated carbocycles. The fourth-order valence-corrected chi connectivity index (χ4v) is 2.31. The van der Waals surface area contributed by atoms with Gasteiger partial charge in [-0.15, -0.1) is 0 Å². The fourth-order valence-electron chi connectivity index (χ4n) is 2.31. The number of benzene rings is 2. The highest BCUT2D eigenvalue weighted by Gasteiger charge is 2.32. The number of alkyl halides is 3. The zero-order valence-electron chi connectivity index (χ0n) is 14.9. The largest absolute Gasteiger partial charge is 1.00 e. The van der Waals surface area contributed by atoms with Crippen molar-refractivity contribution in [3.8, 4) is 5.75 Å². The Bertz CT molecular complexity index is 736. The molecule has 8 heteroatoms. The Morgan fingerprint density at radius 2 is 1.78 bits per heavy atom. The van der Waals surface area contributed by atoms with Gasteiger partial charge in [0.15, 0.2) is 6.04 Å². The summed E-state index contributed by atoms with van der Waals surface area (Å²) in [6.45, 7) is 2.08. The summed E-state index contributed by atoms with van der Waals surface area (Å²) in [6, 6.07) is 11.9. The number of halogens is 4. The summed E-state index contributed by atoms with van der Waals surface area (Å²) in [6.07, 6.45) is -3.75. The van der Waals surface area contributed by atoms with Crippen LogP contribution in [-0.2, 0) is 24.1 Å². The van der Waals surface area contributed by atoms with Gasteiger partial charge >= 0.3 is 6.18 Å². The second-order valence-electron chi connectivity index (χ2n) is 5.91. The average Bonchev–Trinajstić information content (AvgIpc) is 2.64. The molecule has 148 valence electrons. The van der Waals surface area contributed by atoms with Gasteiger partial charge in [0.1, 0.15) is 12.4 Å². The van der Waals surface area contributed by atoms with E-state index in [0.29, 0.717) is 18.7 Å². The Labute approximate surface area is 162 Å². The summed E-state index contributed by atoms with van der Waals surface area (Å²) >= 11 is 0. The van der Waals surface area contributed by atoms with Gasteiger partial charge in [0.05, 0.1) is 5.56 Å². The number of rotatable bonds is 7. The Morgan fingerprint density at radius 1 is 1.15 bits per heavy atom. The Morgan fingerprint density at radius 3 is 2.37 bits per heavy atom. The number of hydrogen-bond donors (Lipinski definition) is 2. The molecule has 0 aliphatic heterocycles. The van der Waals surface area contributed by atoms with Crippen molar-refractivity contribution in [3.63, 3.8) is 0 Å². The van der Waals surface area contributed by atoms with Crippen LogP contribution in [0.1, 0.15) is 30.0 Å². The van der Waals surface area contributed by atoms with Gasteiger partial charge < -0.3 is 28.2 Å². The molecule has 27 heavy (non-hydrogen) atoms. The van der Waals surface area contributed by atoms with Gasteiger partial charge in [-0.2, -0.15) is 13.2 Å². The van der Waals surface area contributed by atoms with Gasteiger partial charge in [-0.25, -0.2) is 0 Å². The molecule has 0 aromatic heterocycles. The fraction of sp³-hybridized carbons (Fsp3) is 0.316. The third-order valence-electron chi connectivity index (χ3n) is 3.97. The van der Waals surface area contributed by atoms with E-state index in [1.807, 2.05) is 6.92 Å². The predicted molar refractivity (Wildman–Crippen MR) is 91.0 cm³/mol. The molecule has 0 bridgehead atoms. The van der Waals surface area contributed by atoms with Crippen LogP contribution in [0.4, 0.5) is 13.2 Å². The molecule has 4 N–H and O–H groups in total. The standard InChI is InChI=1S/C19H21F3N2O2.ClH/c1-2-17(23)18(25)24-11-13-7-9-15(10-8-13)26-12-14-5-3-4-6-16(14)19(20,21)22;/h3-10,17H,2,11-12,23H2,1H3,(H,24,25);1H/t17-;/m0./s1. The number of hydrogen-bond acceptors (Lipinski definition) is 2. The van der Waals surface area contributed by atoms with E-state index in [2.05, 4.69) is 11.1 Å². The summed E-state index contributed by atoms with van der Waals surface area (Å²) in [5.74, 6) is 0.345. The van der Waals surface area contributed by atoms with Crippen molar-refractivity contribution in [2.75, 3.05) is 0 Å². The summed E-state index contributed by atoms with van der Waals surface area (Å²) in [7, 11) is 0. The molecule has 2 rings (SSSR count). The molecule has 2 aromatic rings. The van der Waals surface area contributed by atoms with Crippen molar-refractivity contribution in [3.05, 3.63) is 65.2 Å². The van der Waals surface area contributed by atoms with Gasteiger partial charge in [0.2, 0.25) is 0 Å². The van der Waals surface area contributed by atoms with Crippen molar-refractivity contribution in [1.82, 2.24) is 5.32 Å². The molecule has 0 unspecified atom stereocenters. The lowest BCUT2D eigenvalue weighted by Crippen LogP contribution is -3.00. The monoisotopic (exact) mass is 402 g/mol. The summed E-state index contributed by atoms with van der Waals surface area (Å²) < 4.78 is 44.4. The van der Waals surface area contributed by atoms with E-state index in [4.69, 9.17) is 4.74 Å². The molecular formula is C19H22ClF3N2O2. The lowest BCUT2D eigenvalue weighted by atomic mass is 10.1. The van der Waals surface area contributed by atoms with E-state index in [1.165, 1.54) is 12.1 Å². The van der Waals surface area contributed by atoms with Crippen LogP contribution >= 0.6 is 0 Å². The summed E-state index contributed by atoms with van der Waals surface area (Å²) in [4.78, 5) is 11.7. The number of ether oxygens (including phenoxy) is 1. The van der Waals surface area contributed by atoms with Crippen molar-refractivity contribution >= 4 is 5.91 Å². The molecule has 2 aromatic carbocycles. The Kier molecular flexibility index (Phi) is 8.59. The first-order valence-electron chi connectivity index (χ1n) is 8.29. The second-order valence-corrected chi connectivity index (χ2v) is 5.91. The lowest BCUT2D eigenvalue weighted by Gasteiger charge is -2.13. The topological polar surface area (TPSA) is 66.0 Å². The van der Waals surface area contributed by atoms with Crippen LogP contribution in [0.5, 0.6) is 5.75 Å². The first kappa shape index (κ1) is 22.8. The first-order valence-corrected chi connectivity index (χ1v) is 8.29. The molecule has 0 heterocycles. The SMILES string of the molecule is CC[C@H]([NH3+])C(=O)NCc1ccc(OCc2ccccc2C(F)(F)F)cc1.[Cl-]. The van der Waals surface area contributed by atoms with Crippen LogP contribution in [0.15, 0.2) is 48.5 Å². The Balaban J connectivity index is 0.00000364. The van der Waals surface area contributed by atoms with Gasteiger partial charge in [-0.05, 0) is 23.8 Å². The maximum atomic E-state index is 13.0. The average molecular weight is 403 g/mol. The quantitative estimate of drug-likeness (QED) is 0.680. The summed E-state index contributed by atoms with van der Waals surface area (Å²) in [5, 5.41) is 2.78. The third kappa shape index (κ3) is 6.77. The third-order valence-corrected chi connectivity index (χ3v) is 3.97. The Hall–Kier alpha value is -2.25. The van der Waals surface area contributed by atoms with Gasteiger partial charge in [-0.1, -0.05) is 37.3 Å². The lowest BCUT2D eigenvalue weighted by molar-refractivity contribution is -0.404. The summed E-state index contributed by atoms with van der Waals surface area (Å²) in [5.41, 5.74) is 4.00. The van der Waals surface area contributed by atoms with Crippen LogP contribution in [0, 0.1) is 0 Å². The molecular weight excluding hydrogens is 381 g/mol. The highest BCUT2D eigenvalue weighted by atomic mass is 35.5. The van der Waals surface area contributed by atoms with Gasteiger partial charge in [0.25, 0.3) is 5.91 Å². The van der Waals surface area contributed by atoms with Crippen molar-refractivity contribution in [1.29, 1.82) is 0 Å². The number of carbonyl (C=O) groups excluding carboxylic acids is 1. The molecule has 0 aliphatic carbocycles. The van der Waals surface area contributed by atoms with Crippen molar-refractivity contribution in [2.24, 2.45) is 0 Å². The smallest absolute Gasteiger partial charge is 0.416 e. The minimum Gasteiger partial charge on any atom is -1.00 e. The van der Waals surface area contributed by atoms with Crippen LogP contribution in [0.2, 0.25) is 0 Å². The minimum atomic E-state index is -4.41. The van der Waals surface area contributed by atoms with E-state index in [0.717, 1.165) is 11.6 Å². The van der Waals surface area contributed by atoms with Gasteiger partial charge in [0, 0.05) is 18.5 Å². The molecule has 0 saturated heterocycles. The molecule has 4 nitrogen and oxygen atoms in total. The molecule has 1 atom stereocenters. The first-order chi connectivity index (χ1) is 12.3. The maximum Gasteiger partial charge on any atom is 0.416 e. The van der Waals surface area contributed by atoms with E-state index in [1.54, 1.807) is 30.3 Å². The number of quaternary nitrogens is 1. The molecule has 0 fully saturated rings. The van der Waals surface area contributed by atoms with E-state index >= 15 is 0 Å². The molecule has 0 radical (unpaired) electrons. The van der Waals surface area contributed by atoms with Crippen LogP contribution in [0.25, 0.3) is 0 Å². The highest BCUT2D eigenvalue weighted by molar-refractivity contribution is 5.79.